The van der Waals surface area contributed by atoms with E-state index in [1.54, 1.807) is 7.11 Å². The van der Waals surface area contributed by atoms with E-state index >= 15 is 0 Å². The van der Waals surface area contributed by atoms with Gasteiger partial charge in [-0.25, -0.2) is 0 Å². The average Bonchev–Trinajstić information content (AvgIpc) is 3.20. The Hall–Kier alpha value is -1.50. The molecule has 7 heteroatoms. The summed E-state index contributed by atoms with van der Waals surface area (Å²) in [5, 5.41) is 6.79. The molecule has 2 N–H and O–H groups in total. The highest BCUT2D eigenvalue weighted by Gasteiger charge is 2.42. The second-order valence-electron chi connectivity index (χ2n) is 9.67. The van der Waals surface area contributed by atoms with Crippen LogP contribution in [0.25, 0.3) is 0 Å². The Balaban J connectivity index is 0.00000289. The number of anilines is 1. The number of methoxy groups -OCH3 is 1. The van der Waals surface area contributed by atoms with Crippen LogP contribution in [-0.4, -0.2) is 70.3 Å². The first kappa shape index (κ1) is 25.1. The van der Waals surface area contributed by atoms with Gasteiger partial charge in [0.25, 0.3) is 0 Å². The van der Waals surface area contributed by atoms with Gasteiger partial charge in [0.1, 0.15) is 5.75 Å². The fraction of sp³-hybridized carbons (Fsp3) is 0.720. The number of rotatable bonds is 8. The van der Waals surface area contributed by atoms with Crippen LogP contribution in [0.3, 0.4) is 0 Å². The molecule has 6 nitrogen and oxygen atoms in total. The summed E-state index contributed by atoms with van der Waals surface area (Å²) in [5.74, 6) is 1.82. The van der Waals surface area contributed by atoms with Gasteiger partial charge in [0.05, 0.1) is 7.11 Å². The van der Waals surface area contributed by atoms with Gasteiger partial charge in [0.15, 0.2) is 0 Å². The number of nitrogens with zero attached hydrogens (tertiary/aromatic N) is 2. The number of carbonyl (C=O) groups is 1. The molecule has 32 heavy (non-hydrogen) atoms. The third-order valence-electron chi connectivity index (χ3n) is 7.86. The normalized spacial score (nSPS) is 23.0. The molecule has 0 aromatic heterocycles. The molecule has 2 aliphatic heterocycles. The van der Waals surface area contributed by atoms with Crippen molar-refractivity contribution in [2.75, 3.05) is 64.4 Å². The maximum atomic E-state index is 12.4. The number of ether oxygens (including phenoxy) is 1. The Labute approximate surface area is 199 Å². The molecule has 1 spiro atoms. The van der Waals surface area contributed by atoms with E-state index < -0.39 is 0 Å². The van der Waals surface area contributed by atoms with Gasteiger partial charge in [-0.05, 0) is 61.4 Å². The van der Waals surface area contributed by atoms with Crippen LogP contribution in [0.1, 0.15) is 44.9 Å². The lowest BCUT2D eigenvalue weighted by molar-refractivity contribution is -0.121. The Morgan fingerprint density at radius 1 is 1.12 bits per heavy atom. The van der Waals surface area contributed by atoms with E-state index in [9.17, 15) is 4.79 Å². The third-order valence-corrected chi connectivity index (χ3v) is 7.86. The number of halogens is 1. The predicted octanol–water partition coefficient (Wildman–Crippen LogP) is 3.31. The maximum absolute atomic E-state index is 12.4. The Kier molecular flexibility index (Phi) is 9.50. The lowest BCUT2D eigenvalue weighted by atomic mass is 9.66. The summed E-state index contributed by atoms with van der Waals surface area (Å²) in [4.78, 5) is 17.3. The van der Waals surface area contributed by atoms with Crippen LogP contribution in [0.2, 0.25) is 0 Å². The van der Waals surface area contributed by atoms with Crippen LogP contribution in [-0.2, 0) is 4.79 Å². The number of piperazine rings is 1. The molecule has 1 aromatic rings. The minimum absolute atomic E-state index is 0. The molecule has 2 heterocycles. The molecule has 4 rings (SSSR count). The van der Waals surface area contributed by atoms with Crippen molar-refractivity contribution >= 4 is 24.0 Å². The molecule has 1 saturated carbocycles. The van der Waals surface area contributed by atoms with Gasteiger partial charge in [-0.3, -0.25) is 9.69 Å². The topological polar surface area (TPSA) is 56.8 Å². The first-order valence-electron chi connectivity index (χ1n) is 12.3. The van der Waals surface area contributed by atoms with E-state index in [4.69, 9.17) is 4.74 Å². The van der Waals surface area contributed by atoms with Crippen molar-refractivity contribution in [1.29, 1.82) is 0 Å². The van der Waals surface area contributed by atoms with Crippen LogP contribution < -0.4 is 20.3 Å². The summed E-state index contributed by atoms with van der Waals surface area (Å²) in [5.41, 5.74) is 1.74. The van der Waals surface area contributed by atoms with Crippen LogP contribution in [0.4, 0.5) is 5.69 Å². The molecular formula is C25H41ClN4O2. The molecule has 1 atom stereocenters. The summed E-state index contributed by atoms with van der Waals surface area (Å²) >= 11 is 0. The van der Waals surface area contributed by atoms with Crippen molar-refractivity contribution in [2.24, 2.45) is 11.3 Å². The zero-order chi connectivity index (χ0) is 21.5. The molecule has 180 valence electrons. The quantitative estimate of drug-likeness (QED) is 0.618. The van der Waals surface area contributed by atoms with E-state index in [0.717, 1.165) is 58.0 Å². The van der Waals surface area contributed by atoms with E-state index in [0.29, 0.717) is 17.8 Å². The number of carbonyl (C=O) groups excluding carboxylic acids is 1. The van der Waals surface area contributed by atoms with Gasteiger partial charge >= 0.3 is 0 Å². The summed E-state index contributed by atoms with van der Waals surface area (Å²) in [6.45, 7) is 8.10. The van der Waals surface area contributed by atoms with Gasteiger partial charge in [0, 0.05) is 57.9 Å². The maximum Gasteiger partial charge on any atom is 0.220 e. The molecule has 1 aromatic carbocycles. The van der Waals surface area contributed by atoms with E-state index in [1.165, 1.54) is 44.3 Å². The zero-order valence-electron chi connectivity index (χ0n) is 19.6. The molecule has 1 unspecified atom stereocenters. The molecule has 3 aliphatic rings. The van der Waals surface area contributed by atoms with Crippen molar-refractivity contribution in [2.45, 2.75) is 44.9 Å². The fourth-order valence-electron chi connectivity index (χ4n) is 5.88. The van der Waals surface area contributed by atoms with Gasteiger partial charge < -0.3 is 20.3 Å². The van der Waals surface area contributed by atoms with Crippen molar-refractivity contribution in [1.82, 2.24) is 15.5 Å². The smallest absolute Gasteiger partial charge is 0.220 e. The number of nitrogens with one attached hydrogen (secondary N) is 2. The Morgan fingerprint density at radius 3 is 2.53 bits per heavy atom. The van der Waals surface area contributed by atoms with E-state index in [2.05, 4.69) is 32.6 Å². The molecule has 3 fully saturated rings. The summed E-state index contributed by atoms with van der Waals surface area (Å²) in [6, 6.07) is 8.31. The standard InChI is InChI=1S/C25H40N4O2.ClH/c1-31-23-8-6-22(7-9-23)29-17-15-28(16-18-29)14-13-27-24(30)10-5-21-19-26-20-25(21)11-3-2-4-12-25;/h6-9,21,26H,2-5,10-20H2,1H3,(H,27,30);1H. The Morgan fingerprint density at radius 2 is 1.84 bits per heavy atom. The molecule has 0 bridgehead atoms. The number of hydrogen-bond donors (Lipinski definition) is 2. The van der Waals surface area contributed by atoms with Gasteiger partial charge in [-0.1, -0.05) is 19.3 Å². The van der Waals surface area contributed by atoms with Crippen molar-refractivity contribution in [3.8, 4) is 5.75 Å². The first-order valence-corrected chi connectivity index (χ1v) is 12.3. The minimum Gasteiger partial charge on any atom is -0.497 e. The minimum atomic E-state index is 0. The van der Waals surface area contributed by atoms with Crippen LogP contribution >= 0.6 is 12.4 Å². The highest BCUT2D eigenvalue weighted by atomic mass is 35.5. The second kappa shape index (κ2) is 12.1. The highest BCUT2D eigenvalue weighted by molar-refractivity contribution is 5.85. The SMILES string of the molecule is COc1ccc(N2CCN(CCNC(=O)CCC3CNCC34CCCCC4)CC2)cc1.Cl. The van der Waals surface area contributed by atoms with E-state index in [-0.39, 0.29) is 18.3 Å². The van der Waals surface area contributed by atoms with Gasteiger partial charge in [-0.2, -0.15) is 0 Å². The predicted molar refractivity (Wildman–Crippen MR) is 133 cm³/mol. The molecular weight excluding hydrogens is 424 g/mol. The van der Waals surface area contributed by atoms with Gasteiger partial charge in [-0.15, -0.1) is 12.4 Å². The van der Waals surface area contributed by atoms with Crippen LogP contribution in [0.5, 0.6) is 5.75 Å². The first-order chi connectivity index (χ1) is 15.2. The van der Waals surface area contributed by atoms with Crippen LogP contribution in [0.15, 0.2) is 24.3 Å². The molecule has 1 amide bonds. The van der Waals surface area contributed by atoms with Crippen LogP contribution in [0, 0.1) is 11.3 Å². The number of amides is 1. The largest absolute Gasteiger partial charge is 0.497 e. The van der Waals surface area contributed by atoms with Gasteiger partial charge in [0.2, 0.25) is 5.91 Å². The molecule has 2 saturated heterocycles. The lowest BCUT2D eigenvalue weighted by Crippen LogP contribution is -2.48. The molecule has 0 radical (unpaired) electrons. The molecule has 1 aliphatic carbocycles. The summed E-state index contributed by atoms with van der Waals surface area (Å²) in [6.07, 6.45) is 8.57. The Bertz CT molecular complexity index is 700. The van der Waals surface area contributed by atoms with Crippen molar-refractivity contribution in [3.63, 3.8) is 0 Å². The zero-order valence-corrected chi connectivity index (χ0v) is 20.4. The lowest BCUT2D eigenvalue weighted by Gasteiger charge is -2.38. The summed E-state index contributed by atoms with van der Waals surface area (Å²) < 4.78 is 5.25. The number of benzene rings is 1. The van der Waals surface area contributed by atoms with Crippen molar-refractivity contribution < 1.29 is 9.53 Å². The second-order valence-corrected chi connectivity index (χ2v) is 9.67. The summed E-state index contributed by atoms with van der Waals surface area (Å²) in [7, 11) is 1.70. The average molecular weight is 465 g/mol. The highest BCUT2D eigenvalue weighted by Crippen LogP contribution is 2.46. The van der Waals surface area contributed by atoms with E-state index in [1.807, 2.05) is 12.1 Å². The fourth-order valence-corrected chi connectivity index (χ4v) is 5.88. The monoisotopic (exact) mass is 464 g/mol. The number of hydrogen-bond acceptors (Lipinski definition) is 5. The van der Waals surface area contributed by atoms with Crippen molar-refractivity contribution in [3.05, 3.63) is 24.3 Å². The third kappa shape index (κ3) is 6.30.